The van der Waals surface area contributed by atoms with Crippen LogP contribution < -0.4 is 14.8 Å². The van der Waals surface area contributed by atoms with Crippen LogP contribution in [-0.4, -0.2) is 26.2 Å². The summed E-state index contributed by atoms with van der Waals surface area (Å²) in [5.41, 5.74) is 0.781. The zero-order valence-electron chi connectivity index (χ0n) is 13.4. The Morgan fingerprint density at radius 1 is 1.09 bits per heavy atom. The van der Waals surface area contributed by atoms with Crippen molar-refractivity contribution in [1.29, 1.82) is 0 Å². The second-order valence-corrected chi connectivity index (χ2v) is 5.61. The van der Waals surface area contributed by atoms with Crippen molar-refractivity contribution in [2.75, 3.05) is 14.2 Å². The highest BCUT2D eigenvalue weighted by Crippen LogP contribution is 2.29. The van der Waals surface area contributed by atoms with Crippen LogP contribution in [0.25, 0.3) is 6.08 Å². The van der Waals surface area contributed by atoms with E-state index < -0.39 is 0 Å². The highest BCUT2D eigenvalue weighted by atomic mass is 16.5. The SMILES string of the molecule is COc1cccc(OC)c1C=CC(=O)NC1CCCCCC1. The smallest absolute Gasteiger partial charge is 0.244 e. The molecule has 0 bridgehead atoms. The largest absolute Gasteiger partial charge is 0.496 e. The van der Waals surface area contributed by atoms with E-state index in [0.29, 0.717) is 17.5 Å². The van der Waals surface area contributed by atoms with Crippen LogP contribution in [0.5, 0.6) is 11.5 Å². The van der Waals surface area contributed by atoms with Gasteiger partial charge in [-0.3, -0.25) is 4.79 Å². The van der Waals surface area contributed by atoms with Gasteiger partial charge in [-0.05, 0) is 31.1 Å². The molecule has 1 aromatic carbocycles. The summed E-state index contributed by atoms with van der Waals surface area (Å²) in [5.74, 6) is 1.33. The average Bonchev–Trinajstić information content (AvgIpc) is 2.81. The molecule has 0 saturated heterocycles. The Morgan fingerprint density at radius 3 is 2.23 bits per heavy atom. The van der Waals surface area contributed by atoms with Gasteiger partial charge in [0.15, 0.2) is 0 Å². The van der Waals surface area contributed by atoms with Gasteiger partial charge < -0.3 is 14.8 Å². The second kappa shape index (κ2) is 8.47. The Balaban J connectivity index is 2.02. The summed E-state index contributed by atoms with van der Waals surface area (Å²) < 4.78 is 10.6. The summed E-state index contributed by atoms with van der Waals surface area (Å²) in [6, 6.07) is 5.87. The molecular weight excluding hydrogens is 278 g/mol. The molecule has 120 valence electrons. The first-order valence-electron chi connectivity index (χ1n) is 7.94. The van der Waals surface area contributed by atoms with Crippen molar-refractivity contribution in [3.05, 3.63) is 29.8 Å². The molecule has 4 nitrogen and oxygen atoms in total. The molecule has 2 rings (SSSR count). The number of hydrogen-bond acceptors (Lipinski definition) is 3. The summed E-state index contributed by atoms with van der Waals surface area (Å²) in [5, 5.41) is 3.10. The summed E-state index contributed by atoms with van der Waals surface area (Å²) >= 11 is 0. The van der Waals surface area contributed by atoms with Crippen LogP contribution in [-0.2, 0) is 4.79 Å². The molecule has 0 unspecified atom stereocenters. The second-order valence-electron chi connectivity index (χ2n) is 5.61. The monoisotopic (exact) mass is 303 g/mol. The van der Waals surface area contributed by atoms with Gasteiger partial charge >= 0.3 is 0 Å². The molecule has 1 aromatic rings. The number of amides is 1. The van der Waals surface area contributed by atoms with Crippen molar-refractivity contribution in [2.45, 2.75) is 44.6 Å². The number of ether oxygens (including phenoxy) is 2. The minimum absolute atomic E-state index is 0.0557. The van der Waals surface area contributed by atoms with Gasteiger partial charge in [0.25, 0.3) is 0 Å². The van der Waals surface area contributed by atoms with Crippen LogP contribution in [0.15, 0.2) is 24.3 Å². The molecule has 0 aliphatic heterocycles. The molecule has 1 amide bonds. The number of carbonyl (C=O) groups excluding carboxylic acids is 1. The van der Waals surface area contributed by atoms with Gasteiger partial charge in [0.05, 0.1) is 19.8 Å². The zero-order valence-corrected chi connectivity index (χ0v) is 13.4. The van der Waals surface area contributed by atoms with E-state index in [1.165, 1.54) is 25.7 Å². The van der Waals surface area contributed by atoms with Crippen LogP contribution in [0.1, 0.15) is 44.1 Å². The van der Waals surface area contributed by atoms with E-state index in [1.54, 1.807) is 26.4 Å². The standard InChI is InChI=1S/C18H25NO3/c1-21-16-10-7-11-17(22-2)15(16)12-13-18(20)19-14-8-5-3-4-6-9-14/h7,10-14H,3-6,8-9H2,1-2H3,(H,19,20). The molecule has 0 heterocycles. The van der Waals surface area contributed by atoms with Crippen LogP contribution in [0, 0.1) is 0 Å². The molecule has 1 saturated carbocycles. The van der Waals surface area contributed by atoms with Crippen LogP contribution >= 0.6 is 0 Å². The lowest BCUT2D eigenvalue weighted by Gasteiger charge is -2.14. The van der Waals surface area contributed by atoms with Gasteiger partial charge in [0.2, 0.25) is 5.91 Å². The van der Waals surface area contributed by atoms with E-state index in [4.69, 9.17) is 9.47 Å². The minimum atomic E-state index is -0.0557. The molecule has 1 fully saturated rings. The van der Waals surface area contributed by atoms with Gasteiger partial charge in [0.1, 0.15) is 11.5 Å². The molecule has 22 heavy (non-hydrogen) atoms. The van der Waals surface area contributed by atoms with Crippen LogP contribution in [0.4, 0.5) is 0 Å². The Labute approximate surface area is 132 Å². The molecule has 0 spiro atoms. The maximum atomic E-state index is 12.1. The van der Waals surface area contributed by atoms with E-state index in [-0.39, 0.29) is 5.91 Å². The molecular formula is C18H25NO3. The first-order chi connectivity index (χ1) is 10.7. The predicted molar refractivity (Wildman–Crippen MR) is 88.2 cm³/mol. The summed E-state index contributed by atoms with van der Waals surface area (Å²) in [7, 11) is 3.22. The topological polar surface area (TPSA) is 47.6 Å². The first-order valence-corrected chi connectivity index (χ1v) is 7.94. The van der Waals surface area contributed by atoms with Crippen molar-refractivity contribution in [3.63, 3.8) is 0 Å². The van der Waals surface area contributed by atoms with Crippen LogP contribution in [0.3, 0.4) is 0 Å². The fourth-order valence-corrected chi connectivity index (χ4v) is 2.88. The number of methoxy groups -OCH3 is 2. The quantitative estimate of drug-likeness (QED) is 0.668. The Hall–Kier alpha value is -1.97. The average molecular weight is 303 g/mol. The lowest BCUT2D eigenvalue weighted by Crippen LogP contribution is -2.33. The number of benzene rings is 1. The van der Waals surface area contributed by atoms with E-state index >= 15 is 0 Å². The summed E-state index contributed by atoms with van der Waals surface area (Å²) in [6.45, 7) is 0. The van der Waals surface area contributed by atoms with Gasteiger partial charge in [0, 0.05) is 12.1 Å². The fourth-order valence-electron chi connectivity index (χ4n) is 2.88. The number of hydrogen-bond donors (Lipinski definition) is 1. The zero-order chi connectivity index (χ0) is 15.8. The Morgan fingerprint density at radius 2 is 1.68 bits per heavy atom. The summed E-state index contributed by atoms with van der Waals surface area (Å²) in [6.07, 6.45) is 10.4. The fraction of sp³-hybridized carbons (Fsp3) is 0.500. The highest BCUT2D eigenvalue weighted by Gasteiger charge is 2.13. The molecule has 1 N–H and O–H groups in total. The molecule has 0 radical (unpaired) electrons. The van der Waals surface area contributed by atoms with E-state index in [2.05, 4.69) is 5.32 Å². The summed E-state index contributed by atoms with van der Waals surface area (Å²) in [4.78, 5) is 12.1. The van der Waals surface area contributed by atoms with Gasteiger partial charge in [-0.1, -0.05) is 31.7 Å². The van der Waals surface area contributed by atoms with Gasteiger partial charge in [-0.25, -0.2) is 0 Å². The van der Waals surface area contributed by atoms with E-state index in [1.807, 2.05) is 18.2 Å². The highest BCUT2D eigenvalue weighted by molar-refractivity contribution is 5.92. The third-order valence-corrected chi connectivity index (χ3v) is 4.07. The number of rotatable bonds is 5. The normalized spacial score (nSPS) is 16.3. The van der Waals surface area contributed by atoms with Crippen molar-refractivity contribution < 1.29 is 14.3 Å². The van der Waals surface area contributed by atoms with Crippen molar-refractivity contribution >= 4 is 12.0 Å². The van der Waals surface area contributed by atoms with E-state index in [0.717, 1.165) is 18.4 Å². The third kappa shape index (κ3) is 4.52. The predicted octanol–water partition coefficient (Wildman–Crippen LogP) is 3.56. The molecule has 0 atom stereocenters. The minimum Gasteiger partial charge on any atom is -0.496 e. The third-order valence-electron chi connectivity index (χ3n) is 4.07. The lowest BCUT2D eigenvalue weighted by molar-refractivity contribution is -0.117. The van der Waals surface area contributed by atoms with Gasteiger partial charge in [-0.15, -0.1) is 0 Å². The van der Waals surface area contributed by atoms with Crippen molar-refractivity contribution in [3.8, 4) is 11.5 Å². The van der Waals surface area contributed by atoms with Crippen LogP contribution in [0.2, 0.25) is 0 Å². The van der Waals surface area contributed by atoms with Crippen molar-refractivity contribution in [1.82, 2.24) is 5.32 Å². The number of carbonyl (C=O) groups is 1. The first kappa shape index (κ1) is 16.4. The number of nitrogens with one attached hydrogen (secondary N) is 1. The maximum Gasteiger partial charge on any atom is 0.244 e. The molecule has 0 aromatic heterocycles. The van der Waals surface area contributed by atoms with Gasteiger partial charge in [-0.2, -0.15) is 0 Å². The molecule has 1 aliphatic rings. The van der Waals surface area contributed by atoms with Crippen molar-refractivity contribution in [2.24, 2.45) is 0 Å². The Bertz CT molecular complexity index is 495. The lowest BCUT2D eigenvalue weighted by atomic mass is 10.1. The molecule has 1 aliphatic carbocycles. The molecule has 4 heteroatoms. The maximum absolute atomic E-state index is 12.1. The van der Waals surface area contributed by atoms with E-state index in [9.17, 15) is 4.79 Å². The Kier molecular flexibility index (Phi) is 6.31.